The minimum atomic E-state index is -2.09. The van der Waals surface area contributed by atoms with Crippen LogP contribution in [0.4, 0.5) is 0 Å². The highest BCUT2D eigenvalue weighted by atomic mass is 16.6. The van der Waals surface area contributed by atoms with Gasteiger partial charge < -0.3 is 30.7 Å². The van der Waals surface area contributed by atoms with Crippen molar-refractivity contribution < 1.29 is 29.1 Å². The molecule has 0 fully saturated rings. The zero-order valence-electron chi connectivity index (χ0n) is 20.8. The van der Waals surface area contributed by atoms with Gasteiger partial charge in [-0.25, -0.2) is 4.98 Å². The summed E-state index contributed by atoms with van der Waals surface area (Å²) in [4.78, 5) is 46.1. The molecule has 0 radical (unpaired) electrons. The van der Waals surface area contributed by atoms with E-state index in [1.807, 2.05) is 26.0 Å². The number of aryl methyl sites for hydroxylation is 1. The van der Waals surface area contributed by atoms with Crippen LogP contribution in [0.15, 0.2) is 42.9 Å². The first-order chi connectivity index (χ1) is 17.2. The lowest BCUT2D eigenvalue weighted by Gasteiger charge is -2.25. The second kappa shape index (κ2) is 14.9. The van der Waals surface area contributed by atoms with Crippen LogP contribution in [0.2, 0.25) is 0 Å². The first-order valence-corrected chi connectivity index (χ1v) is 12.0. The van der Waals surface area contributed by atoms with E-state index in [4.69, 9.17) is 4.65 Å². The van der Waals surface area contributed by atoms with Crippen LogP contribution in [-0.2, 0) is 15.9 Å². The summed E-state index contributed by atoms with van der Waals surface area (Å²) < 4.78 is 4.97. The molecule has 1 aromatic heterocycles. The number of rotatable bonds is 14. The van der Waals surface area contributed by atoms with Gasteiger partial charge in [0.2, 0.25) is 5.91 Å². The maximum atomic E-state index is 13.1. The maximum Gasteiger partial charge on any atom is 0.635 e. The van der Waals surface area contributed by atoms with Crippen LogP contribution in [0.25, 0.3) is 0 Å². The number of aromatic nitrogens is 2. The average molecular weight is 499 g/mol. The number of unbranched alkanes of at least 4 members (excludes halogenated alkanes) is 1. The van der Waals surface area contributed by atoms with E-state index in [1.165, 1.54) is 18.6 Å². The Morgan fingerprint density at radius 1 is 1.06 bits per heavy atom. The molecule has 3 amide bonds. The Hall–Kier alpha value is -3.35. The summed E-state index contributed by atoms with van der Waals surface area (Å²) in [5.74, 6) is -1.69. The summed E-state index contributed by atoms with van der Waals surface area (Å²) in [7, 11) is -2.09. The number of carbonyl (C=O) groups is 3. The summed E-state index contributed by atoms with van der Waals surface area (Å²) in [6.07, 6.45) is 6.34. The second-order valence-corrected chi connectivity index (χ2v) is 8.72. The molecule has 2 aromatic rings. The van der Waals surface area contributed by atoms with E-state index in [1.54, 1.807) is 12.1 Å². The molecule has 36 heavy (non-hydrogen) atoms. The Balaban J connectivity index is 2.14. The summed E-state index contributed by atoms with van der Waals surface area (Å²) in [6, 6.07) is 5.91. The molecule has 1 aromatic carbocycles. The quantitative estimate of drug-likeness (QED) is 0.189. The van der Waals surface area contributed by atoms with E-state index in [9.17, 15) is 24.4 Å². The van der Waals surface area contributed by atoms with Crippen molar-refractivity contribution in [3.05, 3.63) is 59.7 Å². The van der Waals surface area contributed by atoms with E-state index in [2.05, 4.69) is 32.8 Å². The van der Waals surface area contributed by atoms with Crippen molar-refractivity contribution in [1.29, 1.82) is 0 Å². The van der Waals surface area contributed by atoms with Gasteiger partial charge in [0.15, 0.2) is 0 Å². The lowest BCUT2D eigenvalue weighted by molar-refractivity contribution is -0.126. The number of hydrogen-bond donors (Lipinski definition) is 5. The van der Waals surface area contributed by atoms with E-state index in [0.29, 0.717) is 5.56 Å². The number of amides is 3. The molecule has 11 nitrogen and oxygen atoms in total. The molecule has 2 rings (SSSR count). The average Bonchev–Trinajstić information content (AvgIpc) is 2.84. The molecular weight excluding hydrogens is 465 g/mol. The van der Waals surface area contributed by atoms with Crippen LogP contribution in [0, 0.1) is 5.92 Å². The molecule has 0 spiro atoms. The summed E-state index contributed by atoms with van der Waals surface area (Å²) in [5.41, 5.74) is 1.51. The molecule has 5 N–H and O–H groups in total. The maximum absolute atomic E-state index is 13.1. The van der Waals surface area contributed by atoms with Crippen molar-refractivity contribution in [3.8, 4) is 0 Å². The number of nitrogens with zero attached hydrogens (tertiary/aromatic N) is 2. The highest BCUT2D eigenvalue weighted by Crippen LogP contribution is 2.09. The van der Waals surface area contributed by atoms with Crippen LogP contribution in [0.3, 0.4) is 0 Å². The van der Waals surface area contributed by atoms with Crippen molar-refractivity contribution >= 4 is 25.0 Å². The molecule has 2 atom stereocenters. The van der Waals surface area contributed by atoms with Crippen LogP contribution in [0.1, 0.15) is 66.4 Å². The first kappa shape index (κ1) is 28.9. The lowest BCUT2D eigenvalue weighted by atomic mass is 10.1. The fraction of sp³-hybridized carbons (Fsp3) is 0.458. The van der Waals surface area contributed by atoms with Crippen LogP contribution >= 0.6 is 0 Å². The van der Waals surface area contributed by atoms with Gasteiger partial charge in [0.1, 0.15) is 18.0 Å². The third-order valence-electron chi connectivity index (χ3n) is 5.19. The van der Waals surface area contributed by atoms with E-state index in [-0.39, 0.29) is 24.6 Å². The number of benzene rings is 1. The Morgan fingerprint density at radius 3 is 2.36 bits per heavy atom. The topological polar surface area (TPSA) is 163 Å². The molecule has 0 aliphatic heterocycles. The van der Waals surface area contributed by atoms with Gasteiger partial charge in [-0.15, -0.1) is 0 Å². The van der Waals surface area contributed by atoms with Crippen LogP contribution in [0.5, 0.6) is 0 Å². The fourth-order valence-corrected chi connectivity index (χ4v) is 3.34. The van der Waals surface area contributed by atoms with Crippen molar-refractivity contribution in [2.45, 2.75) is 58.7 Å². The zero-order valence-corrected chi connectivity index (χ0v) is 20.8. The molecule has 0 bridgehead atoms. The molecule has 194 valence electrons. The van der Waals surface area contributed by atoms with E-state index < -0.39 is 37.3 Å². The van der Waals surface area contributed by atoms with Gasteiger partial charge in [-0.1, -0.05) is 39.3 Å². The highest BCUT2D eigenvalue weighted by Gasteiger charge is 2.27. The summed E-state index contributed by atoms with van der Waals surface area (Å²) in [6.45, 7) is 5.60. The molecule has 0 saturated carbocycles. The lowest BCUT2D eigenvalue weighted by Crippen LogP contribution is -2.55. The Kier molecular flexibility index (Phi) is 12.0. The van der Waals surface area contributed by atoms with Gasteiger partial charge in [0, 0.05) is 24.5 Å². The van der Waals surface area contributed by atoms with E-state index in [0.717, 1.165) is 24.8 Å². The van der Waals surface area contributed by atoms with Gasteiger partial charge in [0.25, 0.3) is 11.8 Å². The largest absolute Gasteiger partial charge is 0.635 e. The fourth-order valence-electron chi connectivity index (χ4n) is 3.34. The molecule has 0 unspecified atom stereocenters. The predicted molar refractivity (Wildman–Crippen MR) is 133 cm³/mol. The summed E-state index contributed by atoms with van der Waals surface area (Å²) >= 11 is 0. The third-order valence-corrected chi connectivity index (χ3v) is 5.19. The predicted octanol–water partition coefficient (Wildman–Crippen LogP) is 0.822. The van der Waals surface area contributed by atoms with Crippen molar-refractivity contribution in [3.63, 3.8) is 0 Å². The molecular formula is C24H34BN5O6. The van der Waals surface area contributed by atoms with E-state index >= 15 is 0 Å². The second-order valence-electron chi connectivity index (χ2n) is 8.72. The highest BCUT2D eigenvalue weighted by molar-refractivity contribution is 6.32. The Morgan fingerprint density at radius 2 is 1.78 bits per heavy atom. The van der Waals surface area contributed by atoms with Gasteiger partial charge in [0.05, 0.1) is 6.20 Å². The third kappa shape index (κ3) is 10.1. The van der Waals surface area contributed by atoms with Crippen LogP contribution in [-0.4, -0.2) is 63.9 Å². The van der Waals surface area contributed by atoms with Crippen molar-refractivity contribution in [2.75, 3.05) is 6.54 Å². The van der Waals surface area contributed by atoms with Gasteiger partial charge in [-0.3, -0.25) is 19.4 Å². The van der Waals surface area contributed by atoms with Gasteiger partial charge in [-0.2, -0.15) is 0 Å². The standard InChI is InChI=1S/C24H34BN5O6/c1-4-5-6-17-7-9-18(10-8-17)22(31)29-20(15-28-23(32)19-14-26-11-12-27-19)24(33)30-21(13-16(2)3)36-25(34)35/h7-12,14,16,20-21,34-35H,4-6,13,15H2,1-3H3,(H,28,32)(H,29,31)(H,30,33)/t20-,21+/m0/s1. The van der Waals surface area contributed by atoms with Crippen molar-refractivity contribution in [2.24, 2.45) is 5.92 Å². The molecule has 12 heteroatoms. The number of hydrogen-bond acceptors (Lipinski definition) is 8. The Labute approximate surface area is 211 Å². The summed E-state index contributed by atoms with van der Waals surface area (Å²) in [5, 5.41) is 26.2. The smallest absolute Gasteiger partial charge is 0.402 e. The zero-order chi connectivity index (χ0) is 26.5. The van der Waals surface area contributed by atoms with Gasteiger partial charge >= 0.3 is 7.32 Å². The minimum Gasteiger partial charge on any atom is -0.402 e. The number of carbonyl (C=O) groups excluding carboxylic acids is 3. The first-order valence-electron chi connectivity index (χ1n) is 12.0. The Bertz CT molecular complexity index is 965. The van der Waals surface area contributed by atoms with Gasteiger partial charge in [-0.05, 0) is 42.9 Å². The van der Waals surface area contributed by atoms with Crippen LogP contribution < -0.4 is 16.0 Å². The minimum absolute atomic E-state index is 0.0510. The molecule has 0 aliphatic rings. The molecule has 1 heterocycles. The monoisotopic (exact) mass is 499 g/mol. The molecule has 0 aliphatic carbocycles. The molecule has 0 saturated heterocycles. The number of nitrogens with one attached hydrogen (secondary N) is 3. The SMILES string of the molecule is CCCCc1ccc(C(=O)N[C@@H](CNC(=O)c2cnccn2)C(=O)N[C@@H](CC(C)C)OB(O)O)cc1. The van der Waals surface area contributed by atoms with Crippen molar-refractivity contribution in [1.82, 2.24) is 25.9 Å². The normalized spacial score (nSPS) is 12.5.